The van der Waals surface area contributed by atoms with Crippen molar-refractivity contribution >= 4 is 22.1 Å². The minimum atomic E-state index is -0.380. The lowest BCUT2D eigenvalue weighted by molar-refractivity contribution is -0.135. The summed E-state index contributed by atoms with van der Waals surface area (Å²) >= 11 is 0. The van der Waals surface area contributed by atoms with Gasteiger partial charge in [-0.1, -0.05) is 0 Å². The molecule has 2 atom stereocenters. The summed E-state index contributed by atoms with van der Waals surface area (Å²) in [6, 6.07) is 2.05. The first-order chi connectivity index (χ1) is 11.2. The SMILES string of the molecule is OC12CC3CC(C1)C(c1nc4c(cnc5[nH]ccc54)[nH]1)C(C3)C2. The molecule has 0 radical (unpaired) electrons. The number of rotatable bonds is 1. The van der Waals surface area contributed by atoms with Crippen LogP contribution in [0.4, 0.5) is 0 Å². The molecular formula is C18H20N4O. The molecule has 5 nitrogen and oxygen atoms in total. The standard InChI is InChI=1S/C18H20N4O/c23-18-5-9-3-10(6-18)14(11(4-9)7-18)17-21-13-8-20-16-12(1-2-19-16)15(13)22-17/h1-2,8-11,14,23H,3-7H2,(H,19,20)(H,21,22). The van der Waals surface area contributed by atoms with Gasteiger partial charge in [0, 0.05) is 17.5 Å². The maximum absolute atomic E-state index is 10.8. The summed E-state index contributed by atoms with van der Waals surface area (Å²) in [7, 11) is 0. The molecule has 3 heterocycles. The van der Waals surface area contributed by atoms with Gasteiger partial charge in [-0.25, -0.2) is 9.97 Å². The fourth-order valence-corrected chi connectivity index (χ4v) is 6.08. The maximum atomic E-state index is 10.8. The normalized spacial score (nSPS) is 38.8. The molecule has 3 aromatic rings. The number of pyridine rings is 1. The largest absolute Gasteiger partial charge is 0.390 e. The van der Waals surface area contributed by atoms with Gasteiger partial charge in [0.25, 0.3) is 0 Å². The summed E-state index contributed by atoms with van der Waals surface area (Å²) in [5.74, 6) is 3.50. The van der Waals surface area contributed by atoms with E-state index in [1.54, 1.807) is 0 Å². The molecule has 3 N–H and O–H groups in total. The molecule has 0 amide bonds. The lowest BCUT2D eigenvalue weighted by atomic mass is 9.50. The summed E-state index contributed by atoms with van der Waals surface area (Å²) in [6.45, 7) is 0. The van der Waals surface area contributed by atoms with Crippen LogP contribution in [-0.4, -0.2) is 30.6 Å². The van der Waals surface area contributed by atoms with Crippen molar-refractivity contribution in [3.05, 3.63) is 24.3 Å². The van der Waals surface area contributed by atoms with Gasteiger partial charge in [0.15, 0.2) is 0 Å². The van der Waals surface area contributed by atoms with Crippen molar-refractivity contribution in [2.45, 2.75) is 43.6 Å². The van der Waals surface area contributed by atoms with Crippen LogP contribution >= 0.6 is 0 Å². The topological polar surface area (TPSA) is 77.6 Å². The van der Waals surface area contributed by atoms with Crippen LogP contribution in [0.2, 0.25) is 0 Å². The Hall–Kier alpha value is -1.88. The molecule has 4 fully saturated rings. The Bertz CT molecular complexity index is 910. The quantitative estimate of drug-likeness (QED) is 0.646. The van der Waals surface area contributed by atoms with E-state index in [4.69, 9.17) is 4.98 Å². The van der Waals surface area contributed by atoms with Gasteiger partial charge in [0.05, 0.1) is 17.3 Å². The monoisotopic (exact) mass is 308 g/mol. The molecule has 4 saturated carbocycles. The lowest BCUT2D eigenvalue weighted by Crippen LogP contribution is -2.53. The Morgan fingerprint density at radius 3 is 2.78 bits per heavy atom. The van der Waals surface area contributed by atoms with Crippen LogP contribution in [0.5, 0.6) is 0 Å². The van der Waals surface area contributed by atoms with Gasteiger partial charge in [0.1, 0.15) is 17.0 Å². The van der Waals surface area contributed by atoms with E-state index in [1.807, 2.05) is 12.4 Å². The molecule has 5 heteroatoms. The van der Waals surface area contributed by atoms with Crippen molar-refractivity contribution in [2.75, 3.05) is 0 Å². The summed E-state index contributed by atoms with van der Waals surface area (Å²) in [5, 5.41) is 11.9. The third kappa shape index (κ3) is 1.61. The number of aromatic amines is 2. The maximum Gasteiger partial charge on any atom is 0.139 e. The fourth-order valence-electron chi connectivity index (χ4n) is 6.08. The van der Waals surface area contributed by atoms with Crippen LogP contribution in [0.3, 0.4) is 0 Å². The van der Waals surface area contributed by atoms with E-state index >= 15 is 0 Å². The van der Waals surface area contributed by atoms with Gasteiger partial charge in [-0.15, -0.1) is 0 Å². The van der Waals surface area contributed by atoms with Gasteiger partial charge in [0.2, 0.25) is 0 Å². The smallest absolute Gasteiger partial charge is 0.139 e. The predicted molar refractivity (Wildman–Crippen MR) is 87.0 cm³/mol. The number of aromatic nitrogens is 4. The summed E-state index contributed by atoms with van der Waals surface area (Å²) in [6.07, 6.45) is 9.27. The number of nitrogens with one attached hydrogen (secondary N) is 2. The average Bonchev–Trinajstić information content (AvgIpc) is 3.10. The Morgan fingerprint density at radius 2 is 2.00 bits per heavy atom. The average molecular weight is 308 g/mol. The van der Waals surface area contributed by atoms with Crippen LogP contribution in [0.15, 0.2) is 18.5 Å². The van der Waals surface area contributed by atoms with E-state index in [9.17, 15) is 5.11 Å². The molecular weight excluding hydrogens is 288 g/mol. The first kappa shape index (κ1) is 12.5. The zero-order valence-corrected chi connectivity index (χ0v) is 12.9. The minimum absolute atomic E-state index is 0.380. The number of aliphatic hydroxyl groups is 1. The minimum Gasteiger partial charge on any atom is -0.390 e. The molecule has 0 aromatic carbocycles. The number of hydrogen-bond donors (Lipinski definition) is 3. The van der Waals surface area contributed by atoms with E-state index in [1.165, 1.54) is 12.8 Å². The Labute approximate surface area is 133 Å². The molecule has 3 aromatic heterocycles. The second-order valence-corrected chi connectivity index (χ2v) is 8.10. The van der Waals surface area contributed by atoms with Crippen LogP contribution in [-0.2, 0) is 0 Å². The zero-order chi connectivity index (χ0) is 15.2. The summed E-state index contributed by atoms with van der Waals surface area (Å²) in [5.41, 5.74) is 2.57. The van der Waals surface area contributed by atoms with Crippen molar-refractivity contribution in [1.29, 1.82) is 0 Å². The van der Waals surface area contributed by atoms with Gasteiger partial charge in [-0.3, -0.25) is 0 Å². The molecule has 0 spiro atoms. The van der Waals surface area contributed by atoms with E-state index in [0.29, 0.717) is 17.8 Å². The number of imidazole rings is 1. The number of fused-ring (bicyclic) bond motifs is 3. The van der Waals surface area contributed by atoms with Crippen molar-refractivity contribution in [3.8, 4) is 0 Å². The molecule has 0 aliphatic heterocycles. The Kier molecular flexibility index (Phi) is 2.16. The molecule has 0 saturated heterocycles. The third-order valence-electron chi connectivity index (χ3n) is 6.61. The second-order valence-electron chi connectivity index (χ2n) is 8.10. The lowest BCUT2D eigenvalue weighted by Gasteiger charge is -2.57. The van der Waals surface area contributed by atoms with E-state index in [-0.39, 0.29) is 5.60 Å². The van der Waals surface area contributed by atoms with Gasteiger partial charge >= 0.3 is 0 Å². The van der Waals surface area contributed by atoms with Crippen LogP contribution in [0.1, 0.15) is 43.8 Å². The second kappa shape index (κ2) is 3.96. The number of nitrogens with zero attached hydrogens (tertiary/aromatic N) is 2. The fraction of sp³-hybridized carbons (Fsp3) is 0.556. The van der Waals surface area contributed by atoms with Crippen molar-refractivity contribution in [3.63, 3.8) is 0 Å². The van der Waals surface area contributed by atoms with Gasteiger partial charge in [-0.2, -0.15) is 0 Å². The molecule has 118 valence electrons. The first-order valence-electron chi connectivity index (χ1n) is 8.73. The summed E-state index contributed by atoms with van der Waals surface area (Å²) in [4.78, 5) is 16.2. The van der Waals surface area contributed by atoms with Gasteiger partial charge < -0.3 is 15.1 Å². The highest BCUT2D eigenvalue weighted by molar-refractivity contribution is 6.00. The Balaban J connectivity index is 1.49. The molecule has 4 aliphatic rings. The molecule has 4 bridgehead atoms. The van der Waals surface area contributed by atoms with Crippen LogP contribution in [0, 0.1) is 17.8 Å². The number of hydrogen-bond acceptors (Lipinski definition) is 3. The van der Waals surface area contributed by atoms with Crippen molar-refractivity contribution in [1.82, 2.24) is 19.9 Å². The predicted octanol–water partition coefficient (Wildman–Crippen LogP) is 3.09. The molecule has 4 aliphatic carbocycles. The van der Waals surface area contributed by atoms with Crippen molar-refractivity contribution in [2.24, 2.45) is 17.8 Å². The van der Waals surface area contributed by atoms with E-state index in [0.717, 1.165) is 53.1 Å². The Morgan fingerprint density at radius 1 is 1.17 bits per heavy atom. The molecule has 2 unspecified atom stereocenters. The molecule has 23 heavy (non-hydrogen) atoms. The number of H-pyrrole nitrogens is 2. The summed E-state index contributed by atoms with van der Waals surface area (Å²) < 4.78 is 0. The van der Waals surface area contributed by atoms with Crippen molar-refractivity contribution < 1.29 is 5.11 Å². The third-order valence-corrected chi connectivity index (χ3v) is 6.61. The van der Waals surface area contributed by atoms with Crippen LogP contribution in [0.25, 0.3) is 22.1 Å². The molecule has 7 rings (SSSR count). The van der Waals surface area contributed by atoms with Gasteiger partial charge in [-0.05, 0) is 55.9 Å². The highest BCUT2D eigenvalue weighted by Gasteiger charge is 2.55. The first-order valence-corrected chi connectivity index (χ1v) is 8.73. The highest BCUT2D eigenvalue weighted by Crippen LogP contribution is 2.60. The van der Waals surface area contributed by atoms with Crippen LogP contribution < -0.4 is 0 Å². The van der Waals surface area contributed by atoms with E-state index in [2.05, 4.69) is 21.0 Å². The zero-order valence-electron chi connectivity index (χ0n) is 12.9. The van der Waals surface area contributed by atoms with E-state index < -0.39 is 0 Å². The highest BCUT2D eigenvalue weighted by atomic mass is 16.3.